The van der Waals surface area contributed by atoms with Crippen molar-refractivity contribution in [3.63, 3.8) is 0 Å². The predicted octanol–water partition coefficient (Wildman–Crippen LogP) is 3.42. The fraction of sp³-hybridized carbons (Fsp3) is 0.714. The molecule has 2 rings (SSSR count). The third-order valence-corrected chi connectivity index (χ3v) is 4.63. The summed E-state index contributed by atoms with van der Waals surface area (Å²) in [4.78, 5) is 21.3. The molecule has 0 radical (unpaired) electrons. The second kappa shape index (κ2) is 11.0. The second-order valence-electron chi connectivity index (χ2n) is 4.74. The van der Waals surface area contributed by atoms with Gasteiger partial charge in [0.2, 0.25) is 5.91 Å². The highest BCUT2D eigenvalue weighted by molar-refractivity contribution is 7.98. The Labute approximate surface area is 129 Å². The fourth-order valence-corrected chi connectivity index (χ4v) is 3.20. The van der Waals surface area contributed by atoms with E-state index >= 15 is 0 Å². The third kappa shape index (κ3) is 7.75. The van der Waals surface area contributed by atoms with Crippen molar-refractivity contribution in [2.24, 2.45) is 0 Å². The molecule has 0 saturated carbocycles. The normalized spacial score (nSPS) is 13.8. The molecular weight excluding hydrogens is 292 g/mol. The molecule has 1 fully saturated rings. The Morgan fingerprint density at radius 3 is 2.45 bits per heavy atom. The topological polar surface area (TPSA) is 51.1 Å². The fourth-order valence-electron chi connectivity index (χ4n) is 1.82. The Kier molecular flexibility index (Phi) is 9.49. The first-order valence-corrected chi connectivity index (χ1v) is 9.11. The molecule has 0 unspecified atom stereocenters. The van der Waals surface area contributed by atoms with Crippen LogP contribution in [0.1, 0.15) is 51.9 Å². The maximum Gasteiger partial charge on any atom is 0.260 e. The van der Waals surface area contributed by atoms with Crippen LogP contribution in [0.2, 0.25) is 0 Å². The van der Waals surface area contributed by atoms with E-state index in [2.05, 4.69) is 11.6 Å². The van der Waals surface area contributed by atoms with E-state index in [1.165, 1.54) is 55.6 Å². The van der Waals surface area contributed by atoms with E-state index in [4.69, 9.17) is 0 Å². The molecule has 1 aromatic rings. The summed E-state index contributed by atoms with van der Waals surface area (Å²) >= 11 is 3.00. The molecule has 4 nitrogen and oxygen atoms in total. The number of carbonyl (C=O) groups excluding carboxylic acids is 1. The van der Waals surface area contributed by atoms with Crippen LogP contribution in [0.4, 0.5) is 0 Å². The zero-order valence-corrected chi connectivity index (χ0v) is 13.7. The standard InChI is InChI=1S/C11H19NOS.C3H5NOS/c1-2-3-4-5-6-7-9-12-11(13)8-10-14-12;5-3-1-2-6-4-3/h8,10H,2-7,9H2,1H3;1-2H2,(H,4,5). The van der Waals surface area contributed by atoms with Crippen molar-refractivity contribution in [3.05, 3.63) is 21.8 Å². The average Bonchev–Trinajstić information content (AvgIpc) is 3.06. The minimum Gasteiger partial charge on any atom is -0.300 e. The number of aryl methyl sites for hydroxylation is 1. The van der Waals surface area contributed by atoms with Crippen LogP contribution < -0.4 is 10.3 Å². The summed E-state index contributed by atoms with van der Waals surface area (Å²) in [6.07, 6.45) is 8.40. The number of rotatable bonds is 7. The van der Waals surface area contributed by atoms with Crippen molar-refractivity contribution < 1.29 is 4.79 Å². The van der Waals surface area contributed by atoms with Gasteiger partial charge in [0, 0.05) is 30.2 Å². The van der Waals surface area contributed by atoms with Crippen LogP contribution >= 0.6 is 23.5 Å². The number of nitrogens with zero attached hydrogens (tertiary/aromatic N) is 1. The van der Waals surface area contributed by atoms with Gasteiger partial charge in [0.05, 0.1) is 0 Å². The first-order chi connectivity index (χ1) is 9.74. The van der Waals surface area contributed by atoms with E-state index < -0.39 is 0 Å². The first-order valence-electron chi connectivity index (χ1n) is 7.29. The van der Waals surface area contributed by atoms with Crippen LogP contribution in [0.5, 0.6) is 0 Å². The average molecular weight is 316 g/mol. The molecule has 1 N–H and O–H groups in total. The molecule has 0 aromatic carbocycles. The largest absolute Gasteiger partial charge is 0.300 e. The summed E-state index contributed by atoms with van der Waals surface area (Å²) in [6, 6.07) is 1.64. The predicted molar refractivity (Wildman–Crippen MR) is 87.2 cm³/mol. The number of carbonyl (C=O) groups is 1. The Balaban J connectivity index is 0.000000276. The van der Waals surface area contributed by atoms with Gasteiger partial charge in [-0.2, -0.15) is 0 Å². The van der Waals surface area contributed by atoms with Crippen molar-refractivity contribution in [1.82, 2.24) is 8.68 Å². The number of aromatic nitrogens is 1. The van der Waals surface area contributed by atoms with E-state index in [0.717, 1.165) is 18.7 Å². The molecule has 2 heterocycles. The SMILES string of the molecule is CCCCCCCCn1sccc1=O.O=C1CCSN1. The van der Waals surface area contributed by atoms with Crippen LogP contribution in [0.3, 0.4) is 0 Å². The van der Waals surface area contributed by atoms with Gasteiger partial charge < -0.3 is 4.72 Å². The van der Waals surface area contributed by atoms with Gasteiger partial charge in [-0.1, -0.05) is 50.6 Å². The monoisotopic (exact) mass is 316 g/mol. The summed E-state index contributed by atoms with van der Waals surface area (Å²) in [5, 5.41) is 1.86. The van der Waals surface area contributed by atoms with Crippen LogP contribution in [0.15, 0.2) is 16.2 Å². The molecule has 0 bridgehead atoms. The van der Waals surface area contributed by atoms with Gasteiger partial charge in [0.1, 0.15) is 0 Å². The first kappa shape index (κ1) is 17.3. The van der Waals surface area contributed by atoms with Crippen LogP contribution in [0.25, 0.3) is 0 Å². The van der Waals surface area contributed by atoms with Crippen molar-refractivity contribution in [3.8, 4) is 0 Å². The van der Waals surface area contributed by atoms with E-state index in [-0.39, 0.29) is 11.5 Å². The van der Waals surface area contributed by atoms with Gasteiger partial charge in [-0.3, -0.25) is 13.5 Å². The van der Waals surface area contributed by atoms with Crippen molar-refractivity contribution >= 4 is 29.4 Å². The Morgan fingerprint density at radius 2 is 1.95 bits per heavy atom. The number of nitrogens with one attached hydrogen (secondary N) is 1. The molecule has 1 saturated heterocycles. The molecule has 1 aromatic heterocycles. The van der Waals surface area contributed by atoms with Crippen LogP contribution in [0, 0.1) is 0 Å². The molecule has 20 heavy (non-hydrogen) atoms. The molecule has 0 aliphatic carbocycles. The lowest BCUT2D eigenvalue weighted by Crippen LogP contribution is -2.11. The molecule has 0 spiro atoms. The van der Waals surface area contributed by atoms with Gasteiger partial charge in [0.15, 0.2) is 0 Å². The number of unbranched alkanes of at least 4 members (excludes halogenated alkanes) is 5. The van der Waals surface area contributed by atoms with Gasteiger partial charge in [-0.15, -0.1) is 0 Å². The maximum absolute atomic E-state index is 11.2. The van der Waals surface area contributed by atoms with Gasteiger partial charge in [-0.05, 0) is 18.4 Å². The third-order valence-electron chi connectivity index (χ3n) is 2.98. The highest BCUT2D eigenvalue weighted by Crippen LogP contribution is 2.06. The molecule has 1 aliphatic heterocycles. The van der Waals surface area contributed by atoms with E-state index in [0.29, 0.717) is 6.42 Å². The quantitative estimate of drug-likeness (QED) is 0.619. The Hall–Kier alpha value is -0.750. The minimum atomic E-state index is 0.156. The zero-order chi connectivity index (χ0) is 14.6. The van der Waals surface area contributed by atoms with Crippen LogP contribution in [-0.4, -0.2) is 15.6 Å². The van der Waals surface area contributed by atoms with E-state index in [1.807, 2.05) is 9.34 Å². The van der Waals surface area contributed by atoms with Crippen LogP contribution in [-0.2, 0) is 11.3 Å². The van der Waals surface area contributed by atoms with Gasteiger partial charge in [0.25, 0.3) is 5.56 Å². The lowest BCUT2D eigenvalue weighted by molar-refractivity contribution is -0.118. The molecule has 0 atom stereocenters. The van der Waals surface area contributed by atoms with E-state index in [9.17, 15) is 9.59 Å². The summed E-state index contributed by atoms with van der Waals surface area (Å²) in [5.74, 6) is 1.11. The smallest absolute Gasteiger partial charge is 0.260 e. The van der Waals surface area contributed by atoms with E-state index in [1.54, 1.807) is 6.07 Å². The number of hydrogen-bond donors (Lipinski definition) is 1. The summed E-state index contributed by atoms with van der Waals surface area (Å²) in [7, 11) is 0. The highest BCUT2D eigenvalue weighted by Gasteiger charge is 2.06. The van der Waals surface area contributed by atoms with Gasteiger partial charge in [-0.25, -0.2) is 0 Å². The molecule has 1 amide bonds. The molecule has 6 heteroatoms. The Bertz CT molecular complexity index is 421. The minimum absolute atomic E-state index is 0.156. The van der Waals surface area contributed by atoms with Gasteiger partial charge >= 0.3 is 0 Å². The summed E-state index contributed by atoms with van der Waals surface area (Å²) < 4.78 is 4.43. The molecule has 1 aliphatic rings. The number of hydrogen-bond acceptors (Lipinski definition) is 4. The maximum atomic E-state index is 11.2. The van der Waals surface area contributed by atoms with Crippen molar-refractivity contribution in [2.45, 2.75) is 58.4 Å². The Morgan fingerprint density at radius 1 is 1.20 bits per heavy atom. The second-order valence-corrected chi connectivity index (χ2v) is 6.56. The lowest BCUT2D eigenvalue weighted by Gasteiger charge is -2.00. The highest BCUT2D eigenvalue weighted by atomic mass is 32.2. The molecular formula is C14H24N2O2S2. The number of amides is 1. The summed E-state index contributed by atoms with van der Waals surface area (Å²) in [5.41, 5.74) is 0.156. The van der Waals surface area contributed by atoms with Crippen molar-refractivity contribution in [2.75, 3.05) is 5.75 Å². The summed E-state index contributed by atoms with van der Waals surface area (Å²) in [6.45, 7) is 3.13. The zero-order valence-electron chi connectivity index (χ0n) is 12.1. The lowest BCUT2D eigenvalue weighted by atomic mass is 10.1. The molecule has 114 valence electrons. The van der Waals surface area contributed by atoms with Crippen molar-refractivity contribution in [1.29, 1.82) is 0 Å².